The molecule has 0 amide bonds. The third-order valence-corrected chi connectivity index (χ3v) is 3.36. The molecular weight excluding hydrogens is 244 g/mol. The summed E-state index contributed by atoms with van der Waals surface area (Å²) in [6.07, 6.45) is 1.87. The monoisotopic (exact) mass is 260 g/mol. The van der Waals surface area contributed by atoms with Gasteiger partial charge in [0.2, 0.25) is 0 Å². The van der Waals surface area contributed by atoms with Gasteiger partial charge in [-0.05, 0) is 29.3 Å². The molecule has 0 fully saturated rings. The Morgan fingerprint density at radius 3 is 2.50 bits per heavy atom. The first-order valence-corrected chi connectivity index (χ1v) is 6.67. The van der Waals surface area contributed by atoms with Gasteiger partial charge in [-0.1, -0.05) is 60.7 Å². The van der Waals surface area contributed by atoms with Crippen molar-refractivity contribution in [2.75, 3.05) is 5.43 Å². The van der Waals surface area contributed by atoms with Crippen LogP contribution in [0.5, 0.6) is 0 Å². The van der Waals surface area contributed by atoms with Gasteiger partial charge in [0.05, 0.1) is 11.9 Å². The van der Waals surface area contributed by atoms with Gasteiger partial charge in [-0.25, -0.2) is 0 Å². The summed E-state index contributed by atoms with van der Waals surface area (Å²) >= 11 is 0. The molecule has 2 nitrogen and oxygen atoms in total. The molecule has 0 aliphatic heterocycles. The summed E-state index contributed by atoms with van der Waals surface area (Å²) in [6.45, 7) is 2.07. The van der Waals surface area contributed by atoms with E-state index in [-0.39, 0.29) is 0 Å². The highest BCUT2D eigenvalue weighted by atomic mass is 15.3. The van der Waals surface area contributed by atoms with Crippen molar-refractivity contribution in [2.24, 2.45) is 5.10 Å². The second-order valence-corrected chi connectivity index (χ2v) is 4.75. The number of anilines is 1. The van der Waals surface area contributed by atoms with Crippen molar-refractivity contribution in [1.29, 1.82) is 0 Å². The van der Waals surface area contributed by atoms with Crippen LogP contribution in [0, 0.1) is 6.92 Å². The van der Waals surface area contributed by atoms with E-state index in [1.54, 1.807) is 0 Å². The Bertz CT molecular complexity index is 755. The van der Waals surface area contributed by atoms with Gasteiger partial charge in [0.15, 0.2) is 0 Å². The maximum absolute atomic E-state index is 4.35. The van der Waals surface area contributed by atoms with Crippen molar-refractivity contribution in [3.63, 3.8) is 0 Å². The molecule has 3 aromatic carbocycles. The molecule has 0 radical (unpaired) electrons. The number of rotatable bonds is 3. The third kappa shape index (κ3) is 2.54. The van der Waals surface area contributed by atoms with Crippen molar-refractivity contribution in [3.8, 4) is 0 Å². The number of hydrazone groups is 1. The van der Waals surface area contributed by atoms with Gasteiger partial charge < -0.3 is 0 Å². The van der Waals surface area contributed by atoms with Gasteiger partial charge in [0, 0.05) is 5.56 Å². The lowest BCUT2D eigenvalue weighted by atomic mass is 10.1. The first kappa shape index (κ1) is 12.4. The summed E-state index contributed by atoms with van der Waals surface area (Å²) in [5.74, 6) is 0. The van der Waals surface area contributed by atoms with E-state index in [1.807, 2.05) is 24.4 Å². The Balaban J connectivity index is 1.86. The minimum atomic E-state index is 1.03. The number of benzene rings is 3. The van der Waals surface area contributed by atoms with Gasteiger partial charge in [-0.3, -0.25) is 5.43 Å². The summed E-state index contributed by atoms with van der Waals surface area (Å²) in [5, 5.41) is 6.79. The number of para-hydroxylation sites is 1. The molecular formula is C18H16N2. The maximum Gasteiger partial charge on any atom is 0.0590 e. The Kier molecular flexibility index (Phi) is 3.46. The predicted molar refractivity (Wildman–Crippen MR) is 86.3 cm³/mol. The van der Waals surface area contributed by atoms with Gasteiger partial charge >= 0.3 is 0 Å². The van der Waals surface area contributed by atoms with Gasteiger partial charge in [0.1, 0.15) is 0 Å². The van der Waals surface area contributed by atoms with E-state index in [1.165, 1.54) is 16.3 Å². The van der Waals surface area contributed by atoms with Crippen LogP contribution in [0.1, 0.15) is 11.1 Å². The van der Waals surface area contributed by atoms with Crippen LogP contribution in [0.2, 0.25) is 0 Å². The fourth-order valence-electron chi connectivity index (χ4n) is 2.23. The number of fused-ring (bicyclic) bond motifs is 1. The molecule has 0 spiro atoms. The largest absolute Gasteiger partial charge is 0.278 e. The number of nitrogens with one attached hydrogen (secondary N) is 1. The molecule has 0 saturated carbocycles. The molecule has 0 unspecified atom stereocenters. The van der Waals surface area contributed by atoms with Crippen molar-refractivity contribution in [2.45, 2.75) is 6.92 Å². The minimum absolute atomic E-state index is 1.03. The Labute approximate surface area is 118 Å². The molecule has 3 aromatic rings. The number of nitrogens with zero attached hydrogens (tertiary/aromatic N) is 1. The quantitative estimate of drug-likeness (QED) is 0.540. The van der Waals surface area contributed by atoms with E-state index >= 15 is 0 Å². The Morgan fingerprint density at radius 1 is 0.850 bits per heavy atom. The highest BCUT2D eigenvalue weighted by molar-refractivity contribution is 5.99. The number of hydrogen-bond acceptors (Lipinski definition) is 2. The lowest BCUT2D eigenvalue weighted by Gasteiger charge is -2.04. The molecule has 3 rings (SSSR count). The van der Waals surface area contributed by atoms with Crippen LogP contribution < -0.4 is 5.43 Å². The molecule has 0 heterocycles. The summed E-state index contributed by atoms with van der Waals surface area (Å²) < 4.78 is 0. The van der Waals surface area contributed by atoms with E-state index in [0.717, 1.165) is 11.3 Å². The third-order valence-electron chi connectivity index (χ3n) is 3.36. The van der Waals surface area contributed by atoms with Crippen molar-refractivity contribution >= 4 is 22.7 Å². The molecule has 2 heteroatoms. The summed E-state index contributed by atoms with van der Waals surface area (Å²) in [4.78, 5) is 0. The normalized spacial score (nSPS) is 11.1. The van der Waals surface area contributed by atoms with Crippen molar-refractivity contribution in [1.82, 2.24) is 0 Å². The van der Waals surface area contributed by atoms with Crippen LogP contribution in [0.15, 0.2) is 71.8 Å². The van der Waals surface area contributed by atoms with Crippen LogP contribution >= 0.6 is 0 Å². The zero-order valence-corrected chi connectivity index (χ0v) is 11.4. The zero-order valence-electron chi connectivity index (χ0n) is 11.4. The molecule has 0 bridgehead atoms. The molecule has 20 heavy (non-hydrogen) atoms. The highest BCUT2D eigenvalue weighted by Gasteiger charge is 1.97. The standard InChI is InChI=1S/C18H16N2/c1-14-7-2-5-12-18(14)20-19-13-16-10-6-9-15-8-3-4-11-17(15)16/h2-13,20H,1H3/b19-13+. The van der Waals surface area contributed by atoms with Crippen LogP contribution in [0.25, 0.3) is 10.8 Å². The molecule has 1 N–H and O–H groups in total. The molecule has 0 saturated heterocycles. The van der Waals surface area contributed by atoms with Crippen LogP contribution in [0.3, 0.4) is 0 Å². The summed E-state index contributed by atoms with van der Waals surface area (Å²) in [6, 6.07) is 22.7. The van der Waals surface area contributed by atoms with Crippen LogP contribution in [-0.2, 0) is 0 Å². The van der Waals surface area contributed by atoms with E-state index < -0.39 is 0 Å². The first-order chi connectivity index (χ1) is 9.84. The Hall–Kier alpha value is -2.61. The van der Waals surface area contributed by atoms with Crippen LogP contribution in [0.4, 0.5) is 5.69 Å². The van der Waals surface area contributed by atoms with Gasteiger partial charge in [-0.15, -0.1) is 0 Å². The van der Waals surface area contributed by atoms with E-state index in [0.29, 0.717) is 0 Å². The summed E-state index contributed by atoms with van der Waals surface area (Å²) in [7, 11) is 0. The molecule has 0 atom stereocenters. The minimum Gasteiger partial charge on any atom is -0.278 e. The molecule has 0 aliphatic rings. The fraction of sp³-hybridized carbons (Fsp3) is 0.0556. The first-order valence-electron chi connectivity index (χ1n) is 6.67. The van der Waals surface area contributed by atoms with E-state index in [2.05, 4.69) is 66.0 Å². The molecule has 98 valence electrons. The Morgan fingerprint density at radius 2 is 1.60 bits per heavy atom. The lowest BCUT2D eigenvalue weighted by Crippen LogP contribution is -1.93. The van der Waals surface area contributed by atoms with Crippen LogP contribution in [-0.4, -0.2) is 6.21 Å². The highest BCUT2D eigenvalue weighted by Crippen LogP contribution is 2.17. The second kappa shape index (κ2) is 5.57. The molecule has 0 aromatic heterocycles. The maximum atomic E-state index is 4.35. The van der Waals surface area contributed by atoms with E-state index in [4.69, 9.17) is 0 Å². The smallest absolute Gasteiger partial charge is 0.0590 e. The van der Waals surface area contributed by atoms with Gasteiger partial charge in [0.25, 0.3) is 0 Å². The average Bonchev–Trinajstić information content (AvgIpc) is 2.49. The van der Waals surface area contributed by atoms with Crippen molar-refractivity contribution < 1.29 is 0 Å². The average molecular weight is 260 g/mol. The zero-order chi connectivity index (χ0) is 13.8. The SMILES string of the molecule is Cc1ccccc1N/N=C/c1cccc2ccccc12. The number of aryl methyl sites for hydroxylation is 1. The summed E-state index contributed by atoms with van der Waals surface area (Å²) in [5.41, 5.74) is 6.42. The molecule has 0 aliphatic carbocycles. The van der Waals surface area contributed by atoms with Crippen molar-refractivity contribution in [3.05, 3.63) is 77.9 Å². The topological polar surface area (TPSA) is 24.4 Å². The van der Waals surface area contributed by atoms with Gasteiger partial charge in [-0.2, -0.15) is 5.10 Å². The fourth-order valence-corrected chi connectivity index (χ4v) is 2.23. The predicted octanol–water partition coefficient (Wildman–Crippen LogP) is 4.59. The lowest BCUT2D eigenvalue weighted by molar-refractivity contribution is 1.31. The second-order valence-electron chi connectivity index (χ2n) is 4.75. The van der Waals surface area contributed by atoms with E-state index in [9.17, 15) is 0 Å². The number of hydrogen-bond donors (Lipinski definition) is 1.